The number of pyridine rings is 3. The highest BCUT2D eigenvalue weighted by atomic mass is 16.3. The third-order valence-electron chi connectivity index (χ3n) is 7.06. The van der Waals surface area contributed by atoms with Gasteiger partial charge in [-0.1, -0.05) is 78.9 Å². The van der Waals surface area contributed by atoms with E-state index < -0.39 is 0 Å². The standard InChI is InChI=1S/C34H20N6O/c1-3-9-21(10-4-1)31-38-32(22-11-5-2-6-12-22)40-33(39-31)24-14-7-13-23-20-36-28(19-26(23)24)27-17-16-25-30-29(15-8-18-35-30)41-34(25)37-27/h1-20H. The second kappa shape index (κ2) is 9.43. The number of nitrogens with zero attached hydrogens (tertiary/aromatic N) is 6. The summed E-state index contributed by atoms with van der Waals surface area (Å²) in [6.07, 6.45) is 3.61. The summed E-state index contributed by atoms with van der Waals surface area (Å²) in [7, 11) is 0. The van der Waals surface area contributed by atoms with Crippen LogP contribution in [0.25, 0.3) is 78.5 Å². The van der Waals surface area contributed by atoms with Gasteiger partial charge in [-0.15, -0.1) is 0 Å². The molecule has 0 aliphatic rings. The van der Waals surface area contributed by atoms with Gasteiger partial charge < -0.3 is 4.42 Å². The van der Waals surface area contributed by atoms with Crippen molar-refractivity contribution in [1.82, 2.24) is 29.9 Å². The summed E-state index contributed by atoms with van der Waals surface area (Å²) in [5.41, 5.74) is 6.20. The Balaban J connectivity index is 1.31. The largest absolute Gasteiger partial charge is 0.436 e. The second-order valence-corrected chi connectivity index (χ2v) is 9.64. The molecule has 0 saturated carbocycles. The summed E-state index contributed by atoms with van der Waals surface area (Å²) < 4.78 is 5.98. The first-order valence-corrected chi connectivity index (χ1v) is 13.2. The average molecular weight is 529 g/mol. The van der Waals surface area contributed by atoms with E-state index in [9.17, 15) is 0 Å². The number of rotatable bonds is 4. The molecule has 41 heavy (non-hydrogen) atoms. The Morgan fingerprint density at radius 2 is 1.24 bits per heavy atom. The molecule has 0 fully saturated rings. The maximum Gasteiger partial charge on any atom is 0.229 e. The highest BCUT2D eigenvalue weighted by Crippen LogP contribution is 2.33. The van der Waals surface area contributed by atoms with Gasteiger partial charge in [0, 0.05) is 34.5 Å². The molecule has 0 bridgehead atoms. The van der Waals surface area contributed by atoms with E-state index in [1.165, 1.54) is 0 Å². The van der Waals surface area contributed by atoms with E-state index in [1.807, 2.05) is 115 Å². The van der Waals surface area contributed by atoms with E-state index in [0.29, 0.717) is 34.5 Å². The van der Waals surface area contributed by atoms with E-state index in [1.54, 1.807) is 6.20 Å². The maximum absolute atomic E-state index is 5.98. The van der Waals surface area contributed by atoms with Gasteiger partial charge in [-0.2, -0.15) is 0 Å². The lowest BCUT2D eigenvalue weighted by Crippen LogP contribution is -2.00. The molecule has 0 aliphatic carbocycles. The first kappa shape index (κ1) is 23.1. The molecule has 0 saturated heterocycles. The van der Waals surface area contributed by atoms with Crippen molar-refractivity contribution in [3.63, 3.8) is 0 Å². The van der Waals surface area contributed by atoms with Crippen LogP contribution in [-0.4, -0.2) is 29.9 Å². The van der Waals surface area contributed by atoms with E-state index in [0.717, 1.165) is 44.1 Å². The Hall–Kier alpha value is -5.82. The summed E-state index contributed by atoms with van der Waals surface area (Å²) in [6, 6.07) is 35.7. The molecule has 7 nitrogen and oxygen atoms in total. The van der Waals surface area contributed by atoms with Crippen molar-refractivity contribution in [2.24, 2.45) is 0 Å². The summed E-state index contributed by atoms with van der Waals surface area (Å²) in [6.45, 7) is 0. The molecule has 0 N–H and O–H groups in total. The third kappa shape index (κ3) is 4.08. The second-order valence-electron chi connectivity index (χ2n) is 9.64. The molecule has 5 heterocycles. The monoisotopic (exact) mass is 528 g/mol. The van der Waals surface area contributed by atoms with E-state index in [4.69, 9.17) is 29.3 Å². The number of hydrogen-bond donors (Lipinski definition) is 0. The molecule has 0 unspecified atom stereocenters. The molecule has 8 aromatic rings. The summed E-state index contributed by atoms with van der Waals surface area (Å²) in [5.74, 6) is 1.82. The first-order valence-electron chi connectivity index (χ1n) is 13.2. The molecule has 192 valence electrons. The van der Waals surface area contributed by atoms with Crippen molar-refractivity contribution in [2.45, 2.75) is 0 Å². The summed E-state index contributed by atoms with van der Waals surface area (Å²) in [5, 5.41) is 2.82. The van der Waals surface area contributed by atoms with E-state index >= 15 is 0 Å². The van der Waals surface area contributed by atoms with Crippen LogP contribution in [0.4, 0.5) is 0 Å². The van der Waals surface area contributed by atoms with Crippen molar-refractivity contribution in [2.75, 3.05) is 0 Å². The minimum Gasteiger partial charge on any atom is -0.436 e. The minimum absolute atomic E-state index is 0.531. The number of fused-ring (bicyclic) bond motifs is 4. The zero-order valence-electron chi connectivity index (χ0n) is 21.6. The molecule has 7 heteroatoms. The fourth-order valence-corrected chi connectivity index (χ4v) is 5.05. The SMILES string of the molecule is c1ccc(-c2nc(-c3ccccc3)nc(-c3cccc4cnc(-c5ccc6c(n5)oc5cccnc56)cc34)n2)cc1. The fraction of sp³-hybridized carbons (Fsp3) is 0. The Morgan fingerprint density at radius 1 is 0.512 bits per heavy atom. The van der Waals surface area contributed by atoms with Crippen LogP contribution < -0.4 is 0 Å². The molecular formula is C34H20N6O. The third-order valence-corrected chi connectivity index (χ3v) is 7.06. The molecule has 0 aliphatic heterocycles. The average Bonchev–Trinajstić information content (AvgIpc) is 3.43. The molecule has 5 aromatic heterocycles. The van der Waals surface area contributed by atoms with E-state index in [2.05, 4.69) is 4.98 Å². The van der Waals surface area contributed by atoms with Crippen molar-refractivity contribution in [1.29, 1.82) is 0 Å². The Bertz CT molecular complexity index is 2150. The summed E-state index contributed by atoms with van der Waals surface area (Å²) in [4.78, 5) is 28.7. The Morgan fingerprint density at radius 3 is 2.00 bits per heavy atom. The van der Waals surface area contributed by atoms with Gasteiger partial charge in [0.05, 0.1) is 16.8 Å². The van der Waals surface area contributed by atoms with Crippen LogP contribution in [0.5, 0.6) is 0 Å². The van der Waals surface area contributed by atoms with Crippen molar-refractivity contribution in [3.8, 4) is 45.6 Å². The van der Waals surface area contributed by atoms with Crippen LogP contribution in [0, 0.1) is 0 Å². The van der Waals surface area contributed by atoms with Gasteiger partial charge in [-0.25, -0.2) is 19.9 Å². The van der Waals surface area contributed by atoms with Crippen LogP contribution in [0.2, 0.25) is 0 Å². The zero-order chi connectivity index (χ0) is 27.2. The molecule has 3 aromatic carbocycles. The van der Waals surface area contributed by atoms with Gasteiger partial charge in [0.25, 0.3) is 0 Å². The van der Waals surface area contributed by atoms with E-state index in [-0.39, 0.29) is 0 Å². The predicted molar refractivity (Wildman–Crippen MR) is 160 cm³/mol. The molecule has 0 amide bonds. The van der Waals surface area contributed by atoms with Gasteiger partial charge in [0.1, 0.15) is 5.52 Å². The lowest BCUT2D eigenvalue weighted by Gasteiger charge is -2.11. The van der Waals surface area contributed by atoms with Crippen molar-refractivity contribution >= 4 is 33.0 Å². The molecule has 8 rings (SSSR count). The highest BCUT2D eigenvalue weighted by molar-refractivity contribution is 6.01. The first-order chi connectivity index (χ1) is 20.3. The van der Waals surface area contributed by atoms with Gasteiger partial charge in [-0.05, 0) is 35.7 Å². The zero-order valence-corrected chi connectivity index (χ0v) is 21.6. The van der Waals surface area contributed by atoms with Gasteiger partial charge in [0.2, 0.25) is 5.71 Å². The van der Waals surface area contributed by atoms with Crippen LogP contribution in [0.15, 0.2) is 126 Å². The lowest BCUT2D eigenvalue weighted by molar-refractivity contribution is 0.654. The Labute approximate surface area is 234 Å². The quantitative estimate of drug-likeness (QED) is 0.230. The maximum atomic E-state index is 5.98. The molecule has 0 spiro atoms. The molecule has 0 atom stereocenters. The van der Waals surface area contributed by atoms with Gasteiger partial charge >= 0.3 is 0 Å². The lowest BCUT2D eigenvalue weighted by atomic mass is 10.0. The normalized spacial score (nSPS) is 11.4. The van der Waals surface area contributed by atoms with Crippen LogP contribution in [0.3, 0.4) is 0 Å². The van der Waals surface area contributed by atoms with Gasteiger partial charge in [0.15, 0.2) is 23.1 Å². The predicted octanol–water partition coefficient (Wildman–Crippen LogP) is 7.78. The topological polar surface area (TPSA) is 90.5 Å². The Kier molecular flexibility index (Phi) is 5.31. The van der Waals surface area contributed by atoms with Crippen LogP contribution in [0.1, 0.15) is 0 Å². The number of hydrogen-bond acceptors (Lipinski definition) is 7. The molecule has 0 radical (unpaired) electrons. The number of furan rings is 1. The smallest absolute Gasteiger partial charge is 0.229 e. The fourth-order valence-electron chi connectivity index (χ4n) is 5.05. The number of benzene rings is 3. The van der Waals surface area contributed by atoms with Crippen LogP contribution in [-0.2, 0) is 0 Å². The van der Waals surface area contributed by atoms with Crippen molar-refractivity contribution in [3.05, 3.63) is 122 Å². The number of aromatic nitrogens is 6. The molecular weight excluding hydrogens is 508 g/mol. The highest BCUT2D eigenvalue weighted by Gasteiger charge is 2.16. The van der Waals surface area contributed by atoms with Crippen LogP contribution >= 0.6 is 0 Å². The van der Waals surface area contributed by atoms with Crippen molar-refractivity contribution < 1.29 is 4.42 Å². The minimum atomic E-state index is 0.531. The summed E-state index contributed by atoms with van der Waals surface area (Å²) >= 11 is 0. The van der Waals surface area contributed by atoms with Gasteiger partial charge in [-0.3, -0.25) is 9.97 Å².